The lowest BCUT2D eigenvalue weighted by atomic mass is 9.96. The molecule has 16 heavy (non-hydrogen) atoms. The van der Waals surface area contributed by atoms with Crippen LogP contribution in [0.25, 0.3) is 0 Å². The molecular weight excluding hydrogens is 266 g/mol. The van der Waals surface area contributed by atoms with Crippen molar-refractivity contribution in [3.05, 3.63) is 34.3 Å². The van der Waals surface area contributed by atoms with Crippen LogP contribution >= 0.6 is 15.9 Å². The fourth-order valence-corrected chi connectivity index (χ4v) is 2.07. The van der Waals surface area contributed by atoms with Crippen LogP contribution in [0.2, 0.25) is 0 Å². The Bertz CT molecular complexity index is 325. The minimum atomic E-state index is -0.695. The molecular formula is C13H20BrNO. The van der Waals surface area contributed by atoms with E-state index in [4.69, 9.17) is 0 Å². The summed E-state index contributed by atoms with van der Waals surface area (Å²) in [6.07, 6.45) is 1.75. The molecule has 90 valence electrons. The van der Waals surface area contributed by atoms with Gasteiger partial charge in [0.05, 0.1) is 5.60 Å². The zero-order valence-corrected chi connectivity index (χ0v) is 11.5. The van der Waals surface area contributed by atoms with E-state index in [0.717, 1.165) is 23.0 Å². The minimum Gasteiger partial charge on any atom is -0.389 e. The van der Waals surface area contributed by atoms with Crippen molar-refractivity contribution in [2.24, 2.45) is 0 Å². The Morgan fingerprint density at radius 3 is 2.69 bits per heavy atom. The number of hydrogen-bond donors (Lipinski definition) is 2. The maximum absolute atomic E-state index is 10.2. The topological polar surface area (TPSA) is 32.3 Å². The summed E-state index contributed by atoms with van der Waals surface area (Å²) in [6.45, 7) is 5.57. The average Bonchev–Trinajstić information content (AvgIpc) is 2.21. The van der Waals surface area contributed by atoms with E-state index in [1.165, 1.54) is 0 Å². The Morgan fingerprint density at radius 2 is 2.06 bits per heavy atom. The van der Waals surface area contributed by atoms with Crippen LogP contribution in [0.4, 0.5) is 0 Å². The fourth-order valence-electron chi connectivity index (χ4n) is 1.65. The van der Waals surface area contributed by atoms with Crippen LogP contribution in [-0.2, 0) is 6.42 Å². The molecule has 0 aromatic heterocycles. The molecule has 0 amide bonds. The van der Waals surface area contributed by atoms with Crippen molar-refractivity contribution in [1.29, 1.82) is 0 Å². The summed E-state index contributed by atoms with van der Waals surface area (Å²) in [7, 11) is 0. The van der Waals surface area contributed by atoms with Gasteiger partial charge in [0.2, 0.25) is 0 Å². The number of halogens is 1. The Labute approximate surface area is 106 Å². The maximum atomic E-state index is 10.2. The van der Waals surface area contributed by atoms with Crippen LogP contribution in [0, 0.1) is 0 Å². The van der Waals surface area contributed by atoms with Gasteiger partial charge in [-0.2, -0.15) is 0 Å². The minimum absolute atomic E-state index is 0.627. The van der Waals surface area contributed by atoms with E-state index >= 15 is 0 Å². The zero-order valence-electron chi connectivity index (χ0n) is 9.96. The SMILES string of the molecule is CCCNCC(C)(O)Cc1ccccc1Br. The molecule has 0 aliphatic rings. The predicted molar refractivity (Wildman–Crippen MR) is 71.6 cm³/mol. The van der Waals surface area contributed by atoms with Crippen LogP contribution in [0.1, 0.15) is 25.8 Å². The maximum Gasteiger partial charge on any atom is 0.0784 e. The second kappa shape index (κ2) is 6.38. The quantitative estimate of drug-likeness (QED) is 0.788. The standard InChI is InChI=1S/C13H20BrNO/c1-3-8-15-10-13(2,16)9-11-6-4-5-7-12(11)14/h4-7,15-16H,3,8-10H2,1-2H3. The van der Waals surface area contributed by atoms with Gasteiger partial charge < -0.3 is 10.4 Å². The van der Waals surface area contributed by atoms with E-state index in [1.54, 1.807) is 0 Å². The lowest BCUT2D eigenvalue weighted by Crippen LogP contribution is -2.40. The van der Waals surface area contributed by atoms with E-state index in [0.29, 0.717) is 13.0 Å². The highest BCUT2D eigenvalue weighted by Crippen LogP contribution is 2.21. The summed E-state index contributed by atoms with van der Waals surface area (Å²) in [5.41, 5.74) is 0.449. The van der Waals surface area contributed by atoms with E-state index in [2.05, 4.69) is 28.2 Å². The lowest BCUT2D eigenvalue weighted by Gasteiger charge is -2.24. The summed E-state index contributed by atoms with van der Waals surface area (Å²) in [5, 5.41) is 13.5. The summed E-state index contributed by atoms with van der Waals surface area (Å²) >= 11 is 3.50. The molecule has 0 aliphatic heterocycles. The molecule has 0 saturated heterocycles. The summed E-state index contributed by atoms with van der Waals surface area (Å²) < 4.78 is 1.06. The molecule has 3 heteroatoms. The molecule has 1 atom stereocenters. The molecule has 0 bridgehead atoms. The largest absolute Gasteiger partial charge is 0.389 e. The van der Waals surface area contributed by atoms with Crippen LogP contribution in [-0.4, -0.2) is 23.8 Å². The molecule has 0 saturated carbocycles. The molecule has 1 aromatic rings. The molecule has 0 aliphatic carbocycles. The molecule has 2 nitrogen and oxygen atoms in total. The zero-order chi connectivity index (χ0) is 12.0. The van der Waals surface area contributed by atoms with Crippen molar-refractivity contribution in [2.45, 2.75) is 32.3 Å². The van der Waals surface area contributed by atoms with Crippen molar-refractivity contribution in [2.75, 3.05) is 13.1 Å². The summed E-state index contributed by atoms with van der Waals surface area (Å²) in [5.74, 6) is 0. The average molecular weight is 286 g/mol. The first-order valence-electron chi connectivity index (χ1n) is 5.71. The molecule has 2 N–H and O–H groups in total. The Morgan fingerprint density at radius 1 is 1.38 bits per heavy atom. The molecule has 0 radical (unpaired) electrons. The molecule has 1 rings (SSSR count). The number of rotatable bonds is 6. The number of aliphatic hydroxyl groups is 1. The smallest absolute Gasteiger partial charge is 0.0784 e. The van der Waals surface area contributed by atoms with Crippen LogP contribution in [0.3, 0.4) is 0 Å². The second-order valence-electron chi connectivity index (χ2n) is 4.44. The Hall–Kier alpha value is -0.380. The lowest BCUT2D eigenvalue weighted by molar-refractivity contribution is 0.0602. The normalized spacial score (nSPS) is 14.8. The van der Waals surface area contributed by atoms with E-state index in [-0.39, 0.29) is 0 Å². The molecule has 0 heterocycles. The summed E-state index contributed by atoms with van der Waals surface area (Å²) in [6, 6.07) is 8.02. The van der Waals surface area contributed by atoms with Gasteiger partial charge in [-0.05, 0) is 31.5 Å². The second-order valence-corrected chi connectivity index (χ2v) is 5.30. The summed E-state index contributed by atoms with van der Waals surface area (Å²) in [4.78, 5) is 0. The van der Waals surface area contributed by atoms with Gasteiger partial charge in [0, 0.05) is 17.4 Å². The third-order valence-corrected chi connectivity index (χ3v) is 3.24. The first kappa shape index (κ1) is 13.7. The van der Waals surface area contributed by atoms with Gasteiger partial charge in [-0.15, -0.1) is 0 Å². The van der Waals surface area contributed by atoms with E-state index in [1.807, 2.05) is 31.2 Å². The molecule has 1 aromatic carbocycles. The van der Waals surface area contributed by atoms with Crippen molar-refractivity contribution < 1.29 is 5.11 Å². The van der Waals surface area contributed by atoms with Crippen molar-refractivity contribution in [3.63, 3.8) is 0 Å². The van der Waals surface area contributed by atoms with Crippen molar-refractivity contribution >= 4 is 15.9 Å². The molecule has 0 spiro atoms. The Balaban J connectivity index is 2.55. The third kappa shape index (κ3) is 4.64. The van der Waals surface area contributed by atoms with Crippen LogP contribution in [0.15, 0.2) is 28.7 Å². The van der Waals surface area contributed by atoms with Crippen LogP contribution in [0.5, 0.6) is 0 Å². The highest BCUT2D eigenvalue weighted by Gasteiger charge is 2.21. The predicted octanol–water partition coefficient (Wildman–Crippen LogP) is 2.74. The first-order chi connectivity index (χ1) is 7.55. The van der Waals surface area contributed by atoms with Crippen molar-refractivity contribution in [3.8, 4) is 0 Å². The number of benzene rings is 1. The Kier molecular flexibility index (Phi) is 5.46. The highest BCUT2D eigenvalue weighted by atomic mass is 79.9. The van der Waals surface area contributed by atoms with Gasteiger partial charge in [0.1, 0.15) is 0 Å². The van der Waals surface area contributed by atoms with Gasteiger partial charge in [-0.3, -0.25) is 0 Å². The third-order valence-electron chi connectivity index (χ3n) is 2.46. The number of hydrogen-bond acceptors (Lipinski definition) is 2. The van der Waals surface area contributed by atoms with Crippen molar-refractivity contribution in [1.82, 2.24) is 5.32 Å². The number of nitrogens with one attached hydrogen (secondary N) is 1. The first-order valence-corrected chi connectivity index (χ1v) is 6.51. The van der Waals surface area contributed by atoms with E-state index < -0.39 is 5.60 Å². The van der Waals surface area contributed by atoms with Gasteiger partial charge in [0.15, 0.2) is 0 Å². The van der Waals surface area contributed by atoms with E-state index in [9.17, 15) is 5.11 Å². The van der Waals surface area contributed by atoms with Gasteiger partial charge in [-0.25, -0.2) is 0 Å². The molecule has 1 unspecified atom stereocenters. The fraction of sp³-hybridized carbons (Fsp3) is 0.538. The monoisotopic (exact) mass is 285 g/mol. The van der Waals surface area contributed by atoms with Gasteiger partial charge in [0.25, 0.3) is 0 Å². The van der Waals surface area contributed by atoms with Gasteiger partial charge in [-0.1, -0.05) is 41.1 Å². The van der Waals surface area contributed by atoms with Gasteiger partial charge >= 0.3 is 0 Å². The molecule has 0 fully saturated rings. The highest BCUT2D eigenvalue weighted by molar-refractivity contribution is 9.10. The van der Waals surface area contributed by atoms with Crippen LogP contribution < -0.4 is 5.32 Å².